The fourth-order valence-corrected chi connectivity index (χ4v) is 4.08. The normalized spacial score (nSPS) is 18.0. The van der Waals surface area contributed by atoms with E-state index >= 15 is 0 Å². The van der Waals surface area contributed by atoms with Crippen LogP contribution < -0.4 is 5.73 Å². The lowest BCUT2D eigenvalue weighted by atomic mass is 10.2. The highest BCUT2D eigenvalue weighted by Crippen LogP contribution is 2.25. The SMILES string of the molecule is Cc1cc(F)c(N)cc1S(=O)(=O)N1CCN(CCO)CC1. The maximum absolute atomic E-state index is 13.4. The van der Waals surface area contributed by atoms with Crippen LogP contribution in [0.2, 0.25) is 0 Å². The first-order chi connectivity index (χ1) is 9.86. The van der Waals surface area contributed by atoms with Gasteiger partial charge in [0, 0.05) is 32.7 Å². The molecule has 1 aromatic carbocycles. The summed E-state index contributed by atoms with van der Waals surface area (Å²) < 4.78 is 40.0. The Balaban J connectivity index is 2.22. The van der Waals surface area contributed by atoms with Crippen molar-refractivity contribution in [3.63, 3.8) is 0 Å². The zero-order valence-electron chi connectivity index (χ0n) is 11.9. The minimum absolute atomic E-state index is 0.0528. The van der Waals surface area contributed by atoms with Gasteiger partial charge in [-0.15, -0.1) is 0 Å². The van der Waals surface area contributed by atoms with Gasteiger partial charge in [0.15, 0.2) is 0 Å². The van der Waals surface area contributed by atoms with E-state index in [2.05, 4.69) is 0 Å². The molecule has 1 saturated heterocycles. The number of benzene rings is 1. The Labute approximate surface area is 124 Å². The summed E-state index contributed by atoms with van der Waals surface area (Å²) in [4.78, 5) is 2.05. The van der Waals surface area contributed by atoms with Crippen molar-refractivity contribution < 1.29 is 17.9 Å². The third-order valence-corrected chi connectivity index (χ3v) is 5.70. The molecule has 2 rings (SSSR count). The summed E-state index contributed by atoms with van der Waals surface area (Å²) in [7, 11) is -3.67. The molecule has 0 aromatic heterocycles. The van der Waals surface area contributed by atoms with Crippen molar-refractivity contribution in [1.82, 2.24) is 9.21 Å². The van der Waals surface area contributed by atoms with Crippen molar-refractivity contribution in [3.05, 3.63) is 23.5 Å². The van der Waals surface area contributed by atoms with E-state index in [4.69, 9.17) is 10.8 Å². The second kappa shape index (κ2) is 6.27. The van der Waals surface area contributed by atoms with Gasteiger partial charge in [0.25, 0.3) is 0 Å². The van der Waals surface area contributed by atoms with E-state index < -0.39 is 15.8 Å². The van der Waals surface area contributed by atoms with Crippen molar-refractivity contribution in [3.8, 4) is 0 Å². The summed E-state index contributed by atoms with van der Waals surface area (Å²) in [5, 5.41) is 8.89. The molecule has 1 fully saturated rings. The van der Waals surface area contributed by atoms with Crippen molar-refractivity contribution in [1.29, 1.82) is 0 Å². The van der Waals surface area contributed by atoms with Gasteiger partial charge < -0.3 is 10.8 Å². The molecule has 21 heavy (non-hydrogen) atoms. The molecule has 1 aliphatic rings. The number of nitrogen functional groups attached to an aromatic ring is 1. The third-order valence-electron chi connectivity index (χ3n) is 3.66. The van der Waals surface area contributed by atoms with E-state index in [1.54, 1.807) is 6.92 Å². The maximum Gasteiger partial charge on any atom is 0.243 e. The molecule has 0 radical (unpaired) electrons. The number of piperazine rings is 1. The van der Waals surface area contributed by atoms with E-state index in [1.807, 2.05) is 4.90 Å². The van der Waals surface area contributed by atoms with Crippen molar-refractivity contribution in [2.75, 3.05) is 45.1 Å². The number of hydrogen-bond donors (Lipinski definition) is 2. The summed E-state index contributed by atoms with van der Waals surface area (Å²) in [5.41, 5.74) is 5.66. The molecule has 0 aliphatic carbocycles. The lowest BCUT2D eigenvalue weighted by molar-refractivity contribution is 0.151. The molecule has 1 heterocycles. The number of anilines is 1. The molecule has 0 atom stereocenters. The van der Waals surface area contributed by atoms with E-state index in [0.717, 1.165) is 6.07 Å². The molecule has 0 saturated carbocycles. The van der Waals surface area contributed by atoms with Gasteiger partial charge in [-0.05, 0) is 24.6 Å². The molecule has 6 nitrogen and oxygen atoms in total. The molecule has 0 amide bonds. The summed E-state index contributed by atoms with van der Waals surface area (Å²) in [5.74, 6) is -0.612. The highest BCUT2D eigenvalue weighted by atomic mass is 32.2. The van der Waals surface area contributed by atoms with Crippen LogP contribution in [0.4, 0.5) is 10.1 Å². The molecule has 3 N–H and O–H groups in total. The lowest BCUT2D eigenvalue weighted by Gasteiger charge is -2.33. The van der Waals surface area contributed by atoms with Gasteiger partial charge in [-0.3, -0.25) is 4.90 Å². The van der Waals surface area contributed by atoms with Gasteiger partial charge in [0.05, 0.1) is 17.2 Å². The zero-order chi connectivity index (χ0) is 15.6. The molecule has 1 aliphatic heterocycles. The van der Waals surface area contributed by atoms with Crippen molar-refractivity contribution in [2.45, 2.75) is 11.8 Å². The number of sulfonamides is 1. The first-order valence-corrected chi connectivity index (χ1v) is 8.19. The van der Waals surface area contributed by atoms with Gasteiger partial charge in [-0.25, -0.2) is 12.8 Å². The predicted molar refractivity (Wildman–Crippen MR) is 77.8 cm³/mol. The monoisotopic (exact) mass is 317 g/mol. The van der Waals surface area contributed by atoms with Gasteiger partial charge >= 0.3 is 0 Å². The second-order valence-corrected chi connectivity index (χ2v) is 7.01. The number of halogens is 1. The second-order valence-electron chi connectivity index (χ2n) is 5.11. The van der Waals surface area contributed by atoms with Crippen LogP contribution in [0.5, 0.6) is 0 Å². The van der Waals surface area contributed by atoms with Crippen LogP contribution in [-0.4, -0.2) is 62.1 Å². The molecule has 0 spiro atoms. The van der Waals surface area contributed by atoms with Gasteiger partial charge in [0.1, 0.15) is 5.82 Å². The van der Waals surface area contributed by atoms with E-state index in [-0.39, 0.29) is 17.2 Å². The van der Waals surface area contributed by atoms with Crippen molar-refractivity contribution in [2.24, 2.45) is 0 Å². The molecule has 8 heteroatoms. The molecular weight excluding hydrogens is 297 g/mol. The number of aliphatic hydroxyl groups excluding tert-OH is 1. The van der Waals surface area contributed by atoms with E-state index in [9.17, 15) is 12.8 Å². The Hall–Kier alpha value is -1.22. The standard InChI is InChI=1S/C13H20FN3O3S/c1-10-8-11(14)12(15)9-13(10)21(19,20)17-4-2-16(3-5-17)6-7-18/h8-9,18H,2-7,15H2,1H3. The fourth-order valence-electron chi connectivity index (χ4n) is 2.42. The minimum atomic E-state index is -3.67. The number of hydrogen-bond acceptors (Lipinski definition) is 5. The molecule has 0 unspecified atom stereocenters. The number of β-amino-alcohol motifs (C(OH)–C–C–N with tert-alkyl or cyclic N) is 1. The molecule has 0 bridgehead atoms. The van der Waals surface area contributed by atoms with Gasteiger partial charge in [-0.1, -0.05) is 0 Å². The first-order valence-electron chi connectivity index (χ1n) is 6.75. The van der Waals surface area contributed by atoms with E-state index in [1.165, 1.54) is 10.4 Å². The fraction of sp³-hybridized carbons (Fsp3) is 0.538. The lowest BCUT2D eigenvalue weighted by Crippen LogP contribution is -2.49. The maximum atomic E-state index is 13.4. The molecule has 118 valence electrons. The Morgan fingerprint density at radius 2 is 1.90 bits per heavy atom. The topological polar surface area (TPSA) is 86.9 Å². The summed E-state index contributed by atoms with van der Waals surface area (Å²) in [6.07, 6.45) is 0. The Kier molecular flexibility index (Phi) is 4.82. The minimum Gasteiger partial charge on any atom is -0.396 e. The average Bonchev–Trinajstić information content (AvgIpc) is 2.43. The average molecular weight is 317 g/mol. The number of rotatable bonds is 4. The van der Waals surface area contributed by atoms with Crippen LogP contribution in [0.1, 0.15) is 5.56 Å². The Bertz CT molecular complexity index is 613. The van der Waals surface area contributed by atoms with Crippen LogP contribution >= 0.6 is 0 Å². The van der Waals surface area contributed by atoms with Gasteiger partial charge in [0.2, 0.25) is 10.0 Å². The molecule has 1 aromatic rings. The number of aryl methyl sites for hydroxylation is 1. The van der Waals surface area contributed by atoms with Crippen LogP contribution in [0.25, 0.3) is 0 Å². The molecular formula is C13H20FN3O3S. The van der Waals surface area contributed by atoms with E-state index in [0.29, 0.717) is 38.3 Å². The largest absolute Gasteiger partial charge is 0.396 e. The summed E-state index contributed by atoms with van der Waals surface area (Å²) >= 11 is 0. The first kappa shape index (κ1) is 16.2. The Morgan fingerprint density at radius 3 is 2.48 bits per heavy atom. The van der Waals surface area contributed by atoms with Crippen LogP contribution in [-0.2, 0) is 10.0 Å². The number of nitrogens with two attached hydrogens (primary N) is 1. The third kappa shape index (κ3) is 3.34. The van der Waals surface area contributed by atoms with Crippen LogP contribution in [0, 0.1) is 12.7 Å². The zero-order valence-corrected chi connectivity index (χ0v) is 12.7. The highest BCUT2D eigenvalue weighted by molar-refractivity contribution is 7.89. The summed E-state index contributed by atoms with van der Waals surface area (Å²) in [6.45, 7) is 3.97. The summed E-state index contributed by atoms with van der Waals surface area (Å²) in [6, 6.07) is 2.32. The predicted octanol–water partition coefficient (Wildman–Crippen LogP) is 0.0149. The highest BCUT2D eigenvalue weighted by Gasteiger charge is 2.30. The van der Waals surface area contributed by atoms with Gasteiger partial charge in [-0.2, -0.15) is 4.31 Å². The Morgan fingerprint density at radius 1 is 1.29 bits per heavy atom. The smallest absolute Gasteiger partial charge is 0.243 e. The number of aliphatic hydroxyl groups is 1. The number of nitrogens with zero attached hydrogens (tertiary/aromatic N) is 2. The van der Waals surface area contributed by atoms with Crippen molar-refractivity contribution >= 4 is 15.7 Å². The quantitative estimate of drug-likeness (QED) is 0.764. The van der Waals surface area contributed by atoms with Crippen LogP contribution in [0.15, 0.2) is 17.0 Å². The van der Waals surface area contributed by atoms with Crippen LogP contribution in [0.3, 0.4) is 0 Å².